The summed E-state index contributed by atoms with van der Waals surface area (Å²) in [5, 5.41) is 9.23. The molecule has 0 atom stereocenters. The number of hydrogen-bond donors (Lipinski definition) is 2. The standard InChI is InChI=1S/C17H21NO2S/c1-5-12-13(18)15(16(19)20)21-14(12)10-6-8-11(9-7-10)17(2,3)4/h6-9H,5,18H2,1-4H3,(H,19,20). The summed E-state index contributed by atoms with van der Waals surface area (Å²) in [5.74, 6) is -0.954. The molecule has 1 aromatic carbocycles. The van der Waals surface area contributed by atoms with Crippen molar-refractivity contribution in [3.05, 3.63) is 40.3 Å². The van der Waals surface area contributed by atoms with E-state index in [1.165, 1.54) is 16.9 Å². The molecule has 0 aliphatic carbocycles. The average molecular weight is 303 g/mol. The lowest BCUT2D eigenvalue weighted by Crippen LogP contribution is -2.10. The zero-order valence-electron chi connectivity index (χ0n) is 12.9. The average Bonchev–Trinajstić information content (AvgIpc) is 2.75. The van der Waals surface area contributed by atoms with Crippen molar-refractivity contribution in [1.82, 2.24) is 0 Å². The second-order valence-corrected chi connectivity index (χ2v) is 7.16. The van der Waals surface area contributed by atoms with Gasteiger partial charge in [-0.15, -0.1) is 11.3 Å². The van der Waals surface area contributed by atoms with E-state index in [-0.39, 0.29) is 10.3 Å². The van der Waals surface area contributed by atoms with Gasteiger partial charge >= 0.3 is 5.97 Å². The van der Waals surface area contributed by atoms with Crippen LogP contribution >= 0.6 is 11.3 Å². The zero-order valence-corrected chi connectivity index (χ0v) is 13.7. The van der Waals surface area contributed by atoms with E-state index in [4.69, 9.17) is 5.73 Å². The SMILES string of the molecule is CCc1c(-c2ccc(C(C)(C)C)cc2)sc(C(=O)O)c1N. The van der Waals surface area contributed by atoms with E-state index in [0.29, 0.717) is 5.69 Å². The summed E-state index contributed by atoms with van der Waals surface area (Å²) >= 11 is 1.26. The van der Waals surface area contributed by atoms with Crippen molar-refractivity contribution in [3.63, 3.8) is 0 Å². The molecule has 0 aliphatic rings. The highest BCUT2D eigenvalue weighted by Gasteiger charge is 2.21. The van der Waals surface area contributed by atoms with Crippen LogP contribution in [0.15, 0.2) is 24.3 Å². The number of nitrogens with two attached hydrogens (primary N) is 1. The van der Waals surface area contributed by atoms with E-state index >= 15 is 0 Å². The van der Waals surface area contributed by atoms with Gasteiger partial charge in [-0.2, -0.15) is 0 Å². The van der Waals surface area contributed by atoms with E-state index in [1.807, 2.05) is 6.92 Å². The summed E-state index contributed by atoms with van der Waals surface area (Å²) in [6.07, 6.45) is 0.728. The lowest BCUT2D eigenvalue weighted by Gasteiger charge is -2.19. The predicted molar refractivity (Wildman–Crippen MR) is 89.2 cm³/mol. The van der Waals surface area contributed by atoms with Crippen LogP contribution in [0.25, 0.3) is 10.4 Å². The van der Waals surface area contributed by atoms with Crippen molar-refractivity contribution in [2.75, 3.05) is 5.73 Å². The third-order valence-corrected chi connectivity index (χ3v) is 4.89. The fourth-order valence-electron chi connectivity index (χ4n) is 2.34. The number of anilines is 1. The first-order chi connectivity index (χ1) is 9.75. The van der Waals surface area contributed by atoms with Crippen molar-refractivity contribution in [3.8, 4) is 10.4 Å². The molecule has 0 fully saturated rings. The molecule has 3 N–H and O–H groups in total. The van der Waals surface area contributed by atoms with Crippen LogP contribution in [0.2, 0.25) is 0 Å². The van der Waals surface area contributed by atoms with Crippen LogP contribution in [-0.2, 0) is 11.8 Å². The molecule has 0 amide bonds. The van der Waals surface area contributed by atoms with Crippen molar-refractivity contribution in [2.45, 2.75) is 39.5 Å². The summed E-state index contributed by atoms with van der Waals surface area (Å²) in [5.41, 5.74) is 9.71. The van der Waals surface area contributed by atoms with Gasteiger partial charge in [0.1, 0.15) is 4.88 Å². The Morgan fingerprint density at radius 2 is 1.81 bits per heavy atom. The van der Waals surface area contributed by atoms with Crippen molar-refractivity contribution < 1.29 is 9.90 Å². The molecule has 0 bridgehead atoms. The van der Waals surface area contributed by atoms with Gasteiger partial charge in [-0.3, -0.25) is 0 Å². The predicted octanol–water partition coefficient (Wildman–Crippen LogP) is 4.56. The van der Waals surface area contributed by atoms with Gasteiger partial charge < -0.3 is 10.8 Å². The summed E-state index contributed by atoms with van der Waals surface area (Å²) in [6.45, 7) is 8.51. The Balaban J connectivity index is 2.52. The second-order valence-electron chi connectivity index (χ2n) is 6.14. The van der Waals surface area contributed by atoms with Crippen LogP contribution in [0.3, 0.4) is 0 Å². The molecule has 3 nitrogen and oxygen atoms in total. The normalized spacial score (nSPS) is 11.6. The van der Waals surface area contributed by atoms with Gasteiger partial charge in [0.05, 0.1) is 5.69 Å². The quantitative estimate of drug-likeness (QED) is 0.874. The van der Waals surface area contributed by atoms with Crippen LogP contribution in [0, 0.1) is 0 Å². The Morgan fingerprint density at radius 1 is 1.24 bits per heavy atom. The third kappa shape index (κ3) is 2.95. The molecule has 1 aromatic heterocycles. The minimum Gasteiger partial charge on any atom is -0.477 e. The lowest BCUT2D eigenvalue weighted by atomic mass is 9.86. The number of carbonyl (C=O) groups is 1. The Kier molecular flexibility index (Phi) is 4.10. The maximum Gasteiger partial charge on any atom is 0.348 e. The summed E-state index contributed by atoms with van der Waals surface area (Å²) in [6, 6.07) is 8.31. The number of thiophene rings is 1. The molecule has 4 heteroatoms. The Morgan fingerprint density at radius 3 is 2.24 bits per heavy atom. The number of carboxylic acid groups (broad SMARTS) is 1. The minimum absolute atomic E-state index is 0.104. The fourth-order valence-corrected chi connectivity index (χ4v) is 3.50. The smallest absolute Gasteiger partial charge is 0.348 e. The number of hydrogen-bond acceptors (Lipinski definition) is 3. The summed E-state index contributed by atoms with van der Waals surface area (Å²) in [7, 11) is 0. The van der Waals surface area contributed by atoms with E-state index in [9.17, 15) is 9.90 Å². The van der Waals surface area contributed by atoms with Gasteiger partial charge in [-0.25, -0.2) is 4.79 Å². The highest BCUT2D eigenvalue weighted by atomic mass is 32.1. The molecule has 112 valence electrons. The van der Waals surface area contributed by atoms with Crippen LogP contribution in [0.1, 0.15) is 48.5 Å². The van der Waals surface area contributed by atoms with Gasteiger partial charge in [0.2, 0.25) is 0 Å². The fraction of sp³-hybridized carbons (Fsp3) is 0.353. The molecule has 2 rings (SSSR count). The number of benzene rings is 1. The number of carboxylic acids is 1. The summed E-state index contributed by atoms with van der Waals surface area (Å²) in [4.78, 5) is 12.5. The van der Waals surface area contributed by atoms with Gasteiger partial charge in [-0.05, 0) is 28.5 Å². The zero-order chi connectivity index (χ0) is 15.8. The van der Waals surface area contributed by atoms with Crippen molar-refractivity contribution in [2.24, 2.45) is 0 Å². The highest BCUT2D eigenvalue weighted by molar-refractivity contribution is 7.18. The first-order valence-electron chi connectivity index (χ1n) is 7.01. The van der Waals surface area contributed by atoms with Gasteiger partial charge in [0, 0.05) is 4.88 Å². The van der Waals surface area contributed by atoms with Crippen LogP contribution in [0.4, 0.5) is 5.69 Å². The Hall–Kier alpha value is -1.81. The molecule has 0 radical (unpaired) electrons. The number of aromatic carboxylic acids is 1. The van der Waals surface area contributed by atoms with E-state index < -0.39 is 5.97 Å². The number of rotatable bonds is 3. The van der Waals surface area contributed by atoms with E-state index in [2.05, 4.69) is 45.0 Å². The Bertz CT molecular complexity index is 663. The molecule has 0 saturated carbocycles. The number of nitrogen functional groups attached to an aromatic ring is 1. The molecule has 0 spiro atoms. The molecular weight excluding hydrogens is 282 g/mol. The second kappa shape index (κ2) is 5.53. The van der Waals surface area contributed by atoms with Crippen molar-refractivity contribution >= 4 is 23.0 Å². The maximum absolute atomic E-state index is 11.3. The molecular formula is C17H21NO2S. The lowest BCUT2D eigenvalue weighted by molar-refractivity contribution is 0.0703. The van der Waals surface area contributed by atoms with E-state index in [0.717, 1.165) is 22.4 Å². The van der Waals surface area contributed by atoms with Gasteiger partial charge in [0.15, 0.2) is 0 Å². The van der Waals surface area contributed by atoms with Gasteiger partial charge in [0.25, 0.3) is 0 Å². The molecule has 2 aromatic rings. The van der Waals surface area contributed by atoms with Crippen LogP contribution in [0.5, 0.6) is 0 Å². The van der Waals surface area contributed by atoms with Crippen molar-refractivity contribution in [1.29, 1.82) is 0 Å². The minimum atomic E-state index is -0.954. The van der Waals surface area contributed by atoms with Gasteiger partial charge in [-0.1, -0.05) is 52.0 Å². The monoisotopic (exact) mass is 303 g/mol. The molecule has 0 unspecified atom stereocenters. The molecule has 1 heterocycles. The van der Waals surface area contributed by atoms with Crippen LogP contribution < -0.4 is 5.73 Å². The first-order valence-corrected chi connectivity index (χ1v) is 7.82. The summed E-state index contributed by atoms with van der Waals surface area (Å²) < 4.78 is 0. The van der Waals surface area contributed by atoms with Crippen LogP contribution in [-0.4, -0.2) is 11.1 Å². The Labute approximate surface area is 129 Å². The largest absolute Gasteiger partial charge is 0.477 e. The molecule has 0 aliphatic heterocycles. The third-order valence-electron chi connectivity index (χ3n) is 3.61. The maximum atomic E-state index is 11.3. The van der Waals surface area contributed by atoms with E-state index in [1.54, 1.807) is 0 Å². The highest BCUT2D eigenvalue weighted by Crippen LogP contribution is 2.39. The first kappa shape index (κ1) is 15.6. The molecule has 21 heavy (non-hydrogen) atoms. The topological polar surface area (TPSA) is 63.3 Å². The molecule has 0 saturated heterocycles.